The minimum atomic E-state index is 0.0254. The van der Waals surface area contributed by atoms with Crippen LogP contribution in [0.15, 0.2) is 18.2 Å². The Morgan fingerprint density at radius 2 is 2.11 bits per heavy atom. The van der Waals surface area contributed by atoms with Crippen molar-refractivity contribution >= 4 is 11.6 Å². The third kappa shape index (κ3) is 3.96. The maximum atomic E-state index is 12.0. The van der Waals surface area contributed by atoms with Crippen LogP contribution < -0.4 is 15.0 Å². The molecule has 1 aromatic carbocycles. The average molecular weight is 264 g/mol. The van der Waals surface area contributed by atoms with Gasteiger partial charge in [-0.15, -0.1) is 0 Å². The molecule has 0 heterocycles. The number of amides is 1. The highest BCUT2D eigenvalue weighted by atomic mass is 16.5. The van der Waals surface area contributed by atoms with E-state index in [1.165, 1.54) is 5.56 Å². The highest BCUT2D eigenvalue weighted by Gasteiger charge is 2.15. The van der Waals surface area contributed by atoms with Gasteiger partial charge >= 0.3 is 0 Å². The van der Waals surface area contributed by atoms with Crippen LogP contribution in [0.25, 0.3) is 0 Å². The summed E-state index contributed by atoms with van der Waals surface area (Å²) in [4.78, 5) is 13.6. The molecule has 1 N–H and O–H groups in total. The summed E-state index contributed by atoms with van der Waals surface area (Å²) in [6.07, 6.45) is 0. The highest BCUT2D eigenvalue weighted by molar-refractivity contribution is 5.95. The van der Waals surface area contributed by atoms with Gasteiger partial charge in [0.1, 0.15) is 5.75 Å². The van der Waals surface area contributed by atoms with Crippen molar-refractivity contribution in [2.75, 3.05) is 32.1 Å². The van der Waals surface area contributed by atoms with Gasteiger partial charge in [-0.05, 0) is 30.2 Å². The van der Waals surface area contributed by atoms with Crippen molar-refractivity contribution in [1.82, 2.24) is 5.32 Å². The van der Waals surface area contributed by atoms with Crippen molar-refractivity contribution in [3.8, 4) is 5.75 Å². The lowest BCUT2D eigenvalue weighted by molar-refractivity contribution is -0.117. The number of rotatable bonds is 6. The molecule has 0 bridgehead atoms. The Kier molecular flexibility index (Phi) is 5.83. The van der Waals surface area contributed by atoms with Gasteiger partial charge in [-0.3, -0.25) is 4.79 Å². The first kappa shape index (κ1) is 15.5. The number of hydrogen-bond acceptors (Lipinski definition) is 3. The number of hydrogen-bond donors (Lipinski definition) is 1. The summed E-state index contributed by atoms with van der Waals surface area (Å²) in [5.74, 6) is 1.20. The molecule has 0 atom stereocenters. The largest absolute Gasteiger partial charge is 0.495 e. The molecule has 19 heavy (non-hydrogen) atoms. The van der Waals surface area contributed by atoms with Crippen molar-refractivity contribution < 1.29 is 9.53 Å². The second-order valence-electron chi connectivity index (χ2n) is 4.82. The van der Waals surface area contributed by atoms with Gasteiger partial charge in [0.2, 0.25) is 5.91 Å². The molecule has 0 radical (unpaired) electrons. The van der Waals surface area contributed by atoms with Crippen molar-refractivity contribution in [3.05, 3.63) is 23.8 Å². The zero-order chi connectivity index (χ0) is 14.4. The smallest absolute Gasteiger partial charge is 0.240 e. The molecule has 4 heteroatoms. The maximum Gasteiger partial charge on any atom is 0.240 e. The molecule has 0 spiro atoms. The molecule has 106 valence electrons. The van der Waals surface area contributed by atoms with Crippen LogP contribution in [0.3, 0.4) is 0 Å². The molecule has 0 aliphatic carbocycles. The molecule has 0 aliphatic rings. The Bertz CT molecular complexity index is 430. The van der Waals surface area contributed by atoms with Crippen molar-refractivity contribution in [3.63, 3.8) is 0 Å². The van der Waals surface area contributed by atoms with E-state index < -0.39 is 0 Å². The fraction of sp³-hybridized carbons (Fsp3) is 0.533. The predicted octanol–water partition coefficient (Wildman–Crippen LogP) is 2.39. The number of ether oxygens (including phenoxy) is 1. The molecule has 0 aromatic heterocycles. The fourth-order valence-electron chi connectivity index (χ4n) is 1.82. The van der Waals surface area contributed by atoms with E-state index in [9.17, 15) is 4.79 Å². The summed E-state index contributed by atoms with van der Waals surface area (Å²) in [5.41, 5.74) is 2.00. The van der Waals surface area contributed by atoms with Gasteiger partial charge in [0, 0.05) is 7.05 Å². The lowest BCUT2D eigenvalue weighted by Crippen LogP contribution is -2.35. The Balaban J connectivity index is 2.96. The molecule has 0 saturated carbocycles. The van der Waals surface area contributed by atoms with Crippen LogP contribution in [-0.4, -0.2) is 33.2 Å². The SMILES string of the molecule is CCNCC(=O)N(C)c1ccc(C(C)C)cc1OC. The Morgan fingerprint density at radius 3 is 2.63 bits per heavy atom. The monoisotopic (exact) mass is 264 g/mol. The predicted molar refractivity (Wildman–Crippen MR) is 79.0 cm³/mol. The summed E-state index contributed by atoms with van der Waals surface area (Å²) in [7, 11) is 3.40. The van der Waals surface area contributed by atoms with Gasteiger partial charge in [0.25, 0.3) is 0 Å². The quantitative estimate of drug-likeness (QED) is 0.857. The lowest BCUT2D eigenvalue weighted by Gasteiger charge is -2.21. The number of nitrogens with one attached hydrogen (secondary N) is 1. The second-order valence-corrected chi connectivity index (χ2v) is 4.82. The fourth-order valence-corrected chi connectivity index (χ4v) is 1.82. The van der Waals surface area contributed by atoms with Crippen molar-refractivity contribution in [2.45, 2.75) is 26.7 Å². The molecule has 4 nitrogen and oxygen atoms in total. The van der Waals surface area contributed by atoms with Crippen molar-refractivity contribution in [1.29, 1.82) is 0 Å². The van der Waals surface area contributed by atoms with E-state index >= 15 is 0 Å². The normalized spacial score (nSPS) is 10.6. The minimum Gasteiger partial charge on any atom is -0.495 e. The van der Waals surface area contributed by atoms with Gasteiger partial charge in [-0.1, -0.05) is 26.8 Å². The van der Waals surface area contributed by atoms with E-state index in [-0.39, 0.29) is 5.91 Å². The summed E-state index contributed by atoms with van der Waals surface area (Å²) in [6, 6.07) is 5.98. The van der Waals surface area contributed by atoms with Gasteiger partial charge in [-0.2, -0.15) is 0 Å². The molecule has 0 fully saturated rings. The van der Waals surface area contributed by atoms with Gasteiger partial charge in [0.15, 0.2) is 0 Å². The van der Waals surface area contributed by atoms with Crippen LogP contribution >= 0.6 is 0 Å². The molecule has 0 unspecified atom stereocenters. The van der Waals surface area contributed by atoms with Gasteiger partial charge in [-0.25, -0.2) is 0 Å². The number of carbonyl (C=O) groups is 1. The first-order valence-electron chi connectivity index (χ1n) is 6.66. The van der Waals surface area contributed by atoms with Crippen LogP contribution in [0.1, 0.15) is 32.3 Å². The maximum absolute atomic E-state index is 12.0. The van der Waals surface area contributed by atoms with Gasteiger partial charge < -0.3 is 15.0 Å². The van der Waals surface area contributed by atoms with E-state index in [1.807, 2.05) is 25.1 Å². The van der Waals surface area contributed by atoms with E-state index in [0.717, 1.165) is 18.0 Å². The zero-order valence-corrected chi connectivity index (χ0v) is 12.5. The molecule has 1 rings (SSSR count). The Hall–Kier alpha value is -1.55. The third-order valence-electron chi connectivity index (χ3n) is 3.13. The van der Waals surface area contributed by atoms with Gasteiger partial charge in [0.05, 0.1) is 19.3 Å². The van der Waals surface area contributed by atoms with Crippen molar-refractivity contribution in [2.24, 2.45) is 0 Å². The number of nitrogens with zero attached hydrogens (tertiary/aromatic N) is 1. The molecule has 1 aromatic rings. The summed E-state index contributed by atoms with van der Waals surface area (Å²) < 4.78 is 5.40. The van der Waals surface area contributed by atoms with Crippen LogP contribution in [0, 0.1) is 0 Å². The van der Waals surface area contributed by atoms with E-state index in [2.05, 4.69) is 19.2 Å². The average Bonchev–Trinajstić information content (AvgIpc) is 2.42. The lowest BCUT2D eigenvalue weighted by atomic mass is 10.0. The van der Waals surface area contributed by atoms with Crippen LogP contribution in [0.2, 0.25) is 0 Å². The van der Waals surface area contributed by atoms with E-state index in [1.54, 1.807) is 19.1 Å². The molecule has 0 saturated heterocycles. The summed E-state index contributed by atoms with van der Waals surface area (Å²) in [6.45, 7) is 7.36. The number of likely N-dealkylation sites (N-methyl/N-ethyl adjacent to an activating group) is 2. The number of benzene rings is 1. The van der Waals surface area contributed by atoms with Crippen LogP contribution in [-0.2, 0) is 4.79 Å². The first-order valence-corrected chi connectivity index (χ1v) is 6.66. The van der Waals surface area contributed by atoms with E-state index in [0.29, 0.717) is 12.5 Å². The number of anilines is 1. The molecular weight excluding hydrogens is 240 g/mol. The first-order chi connectivity index (χ1) is 9.01. The molecule has 1 amide bonds. The number of methoxy groups -OCH3 is 1. The summed E-state index contributed by atoms with van der Waals surface area (Å²) >= 11 is 0. The topological polar surface area (TPSA) is 41.6 Å². The van der Waals surface area contributed by atoms with E-state index in [4.69, 9.17) is 4.74 Å². The summed E-state index contributed by atoms with van der Waals surface area (Å²) in [5, 5.41) is 3.03. The van der Waals surface area contributed by atoms with Crippen LogP contribution in [0.4, 0.5) is 5.69 Å². The third-order valence-corrected chi connectivity index (χ3v) is 3.13. The Labute approximate surface area is 115 Å². The highest BCUT2D eigenvalue weighted by Crippen LogP contribution is 2.31. The zero-order valence-electron chi connectivity index (χ0n) is 12.5. The van der Waals surface area contributed by atoms with Crippen LogP contribution in [0.5, 0.6) is 5.75 Å². The minimum absolute atomic E-state index is 0.0254. The number of carbonyl (C=O) groups excluding carboxylic acids is 1. The standard InChI is InChI=1S/C15H24N2O2/c1-6-16-10-15(18)17(4)13-8-7-12(11(2)3)9-14(13)19-5/h7-9,11,16H,6,10H2,1-5H3. The second kappa shape index (κ2) is 7.14. The molecule has 0 aliphatic heterocycles. The Morgan fingerprint density at radius 1 is 1.42 bits per heavy atom. The molecular formula is C15H24N2O2.